The Balaban J connectivity index is 1.53. The number of aryl methyl sites for hydroxylation is 1. The van der Waals surface area contributed by atoms with E-state index in [0.717, 1.165) is 16.2 Å². The number of nitrogens with zero attached hydrogens (tertiary/aromatic N) is 1. The first kappa shape index (κ1) is 17.8. The predicted molar refractivity (Wildman–Crippen MR) is 106 cm³/mol. The van der Waals surface area contributed by atoms with Crippen LogP contribution in [0.25, 0.3) is 21.7 Å². The topological polar surface area (TPSA) is 92.3 Å². The summed E-state index contributed by atoms with van der Waals surface area (Å²) in [5.41, 5.74) is 1.64. The molecule has 0 fully saturated rings. The molecular weight excluding hydrogens is 376 g/mol. The zero-order valence-electron chi connectivity index (χ0n) is 14.8. The zero-order valence-corrected chi connectivity index (χ0v) is 15.6. The van der Waals surface area contributed by atoms with E-state index in [2.05, 4.69) is 5.32 Å². The van der Waals surface area contributed by atoms with Crippen molar-refractivity contribution in [3.8, 4) is 6.07 Å². The average Bonchev–Trinajstić information content (AvgIpc) is 3.30. The Kier molecular flexibility index (Phi) is 4.55. The third-order valence-electron chi connectivity index (χ3n) is 4.39. The molecule has 0 atom stereocenters. The van der Waals surface area contributed by atoms with E-state index >= 15 is 0 Å². The lowest BCUT2D eigenvalue weighted by Crippen LogP contribution is -2.20. The highest BCUT2D eigenvalue weighted by Gasteiger charge is 2.21. The summed E-state index contributed by atoms with van der Waals surface area (Å²) in [6.07, 6.45) is 0. The number of carbonyl (C=O) groups excluding carboxylic acids is 2. The molecule has 4 rings (SSSR count). The number of nitrogens with one attached hydrogen (secondary N) is 1. The number of amides is 1. The second kappa shape index (κ2) is 7.18. The molecule has 0 bridgehead atoms. The molecule has 0 aliphatic rings. The van der Waals surface area contributed by atoms with Crippen molar-refractivity contribution in [2.75, 3.05) is 11.9 Å². The average molecular weight is 390 g/mol. The lowest BCUT2D eigenvalue weighted by molar-refractivity contribution is -0.119. The molecule has 0 spiro atoms. The lowest BCUT2D eigenvalue weighted by atomic mass is 10.1. The van der Waals surface area contributed by atoms with E-state index in [4.69, 9.17) is 14.4 Å². The molecule has 1 N–H and O–H groups in total. The number of fused-ring (bicyclic) bond motifs is 3. The number of anilines is 1. The molecule has 28 heavy (non-hydrogen) atoms. The van der Waals surface area contributed by atoms with Gasteiger partial charge in [-0.1, -0.05) is 36.4 Å². The van der Waals surface area contributed by atoms with Crippen molar-refractivity contribution in [1.82, 2.24) is 0 Å². The molecule has 0 aliphatic heterocycles. The van der Waals surface area contributed by atoms with Gasteiger partial charge in [0.25, 0.3) is 5.91 Å². The van der Waals surface area contributed by atoms with Crippen LogP contribution in [-0.2, 0) is 9.53 Å². The number of hydrogen-bond donors (Lipinski definition) is 1. The Morgan fingerprint density at radius 1 is 1.18 bits per heavy atom. The first-order valence-electron chi connectivity index (χ1n) is 8.44. The van der Waals surface area contributed by atoms with Gasteiger partial charge in [0.1, 0.15) is 16.7 Å². The molecule has 2 aromatic carbocycles. The Morgan fingerprint density at radius 2 is 2.00 bits per heavy atom. The summed E-state index contributed by atoms with van der Waals surface area (Å²) in [4.78, 5) is 24.5. The van der Waals surface area contributed by atoms with E-state index in [-0.39, 0.29) is 5.76 Å². The van der Waals surface area contributed by atoms with Gasteiger partial charge in [0, 0.05) is 16.3 Å². The van der Waals surface area contributed by atoms with E-state index < -0.39 is 18.5 Å². The van der Waals surface area contributed by atoms with Gasteiger partial charge in [-0.05, 0) is 23.8 Å². The van der Waals surface area contributed by atoms with E-state index in [1.165, 1.54) is 11.3 Å². The molecule has 2 heterocycles. The molecule has 0 aliphatic carbocycles. The Morgan fingerprint density at radius 3 is 2.82 bits per heavy atom. The number of furan rings is 1. The molecule has 7 heteroatoms. The Hall–Kier alpha value is -3.63. The fraction of sp³-hybridized carbons (Fsp3) is 0.0952. The minimum Gasteiger partial charge on any atom is -0.450 e. The third kappa shape index (κ3) is 3.10. The molecule has 2 aromatic heterocycles. The highest BCUT2D eigenvalue weighted by molar-refractivity contribution is 7.14. The van der Waals surface area contributed by atoms with Gasteiger partial charge in [0.15, 0.2) is 6.61 Å². The van der Waals surface area contributed by atoms with Crippen LogP contribution in [0, 0.1) is 18.3 Å². The minimum atomic E-state index is -0.709. The summed E-state index contributed by atoms with van der Waals surface area (Å²) in [6.45, 7) is 1.31. The van der Waals surface area contributed by atoms with Gasteiger partial charge in [-0.15, -0.1) is 11.3 Å². The van der Waals surface area contributed by atoms with E-state index in [0.29, 0.717) is 21.7 Å². The maximum atomic E-state index is 12.5. The van der Waals surface area contributed by atoms with Crippen molar-refractivity contribution in [1.29, 1.82) is 5.26 Å². The van der Waals surface area contributed by atoms with Gasteiger partial charge >= 0.3 is 5.97 Å². The number of benzene rings is 2. The van der Waals surface area contributed by atoms with Gasteiger partial charge in [0.2, 0.25) is 5.76 Å². The zero-order chi connectivity index (χ0) is 19.7. The molecule has 0 saturated heterocycles. The largest absolute Gasteiger partial charge is 0.450 e. The van der Waals surface area contributed by atoms with Gasteiger partial charge in [-0.2, -0.15) is 5.26 Å². The van der Waals surface area contributed by atoms with Crippen molar-refractivity contribution in [3.63, 3.8) is 0 Å². The quantitative estimate of drug-likeness (QED) is 0.513. The highest BCUT2D eigenvalue weighted by atomic mass is 32.1. The van der Waals surface area contributed by atoms with Crippen molar-refractivity contribution >= 4 is 50.0 Å². The van der Waals surface area contributed by atoms with Crippen LogP contribution in [0.5, 0.6) is 0 Å². The van der Waals surface area contributed by atoms with Crippen molar-refractivity contribution in [3.05, 3.63) is 64.7 Å². The smallest absolute Gasteiger partial charge is 0.375 e. The summed E-state index contributed by atoms with van der Waals surface area (Å²) in [6, 6.07) is 15.2. The Bertz CT molecular complexity index is 1260. The first-order valence-corrected chi connectivity index (χ1v) is 9.32. The van der Waals surface area contributed by atoms with Crippen LogP contribution in [0.1, 0.15) is 21.7 Å². The third-order valence-corrected chi connectivity index (χ3v) is 5.22. The normalized spacial score (nSPS) is 10.7. The van der Waals surface area contributed by atoms with Crippen LogP contribution in [0.15, 0.2) is 52.3 Å². The number of hydrogen-bond acceptors (Lipinski definition) is 6. The molecule has 1 amide bonds. The number of esters is 1. The van der Waals surface area contributed by atoms with Crippen LogP contribution in [0.2, 0.25) is 0 Å². The monoisotopic (exact) mass is 390 g/mol. The summed E-state index contributed by atoms with van der Waals surface area (Å²) >= 11 is 1.23. The van der Waals surface area contributed by atoms with Crippen LogP contribution in [0.4, 0.5) is 5.00 Å². The summed E-state index contributed by atoms with van der Waals surface area (Å²) in [5, 5.41) is 16.4. The SMILES string of the molecule is Cc1c(C(=O)OCC(=O)Nc2sccc2C#N)oc2c1ccc1ccccc12. The van der Waals surface area contributed by atoms with Crippen LogP contribution in [0.3, 0.4) is 0 Å². The molecule has 0 radical (unpaired) electrons. The minimum absolute atomic E-state index is 0.0768. The number of thiophene rings is 1. The van der Waals surface area contributed by atoms with E-state index in [1.807, 2.05) is 42.5 Å². The number of rotatable bonds is 4. The molecule has 4 aromatic rings. The lowest BCUT2D eigenvalue weighted by Gasteiger charge is -2.04. The number of nitriles is 1. The Labute approximate surface area is 163 Å². The predicted octanol–water partition coefficient (Wildman–Crippen LogP) is 4.62. The standard InChI is InChI=1S/C21H14N2O4S/c1-12-15-7-6-13-4-2-3-5-16(13)19(15)27-18(12)21(25)26-11-17(24)23-20-14(10-22)8-9-28-20/h2-9H,11H2,1H3,(H,23,24). The second-order valence-corrected chi connectivity index (χ2v) is 7.04. The summed E-state index contributed by atoms with van der Waals surface area (Å²) in [5.74, 6) is -1.15. The molecule has 0 unspecified atom stereocenters. The maximum Gasteiger partial charge on any atom is 0.375 e. The van der Waals surface area contributed by atoms with E-state index in [9.17, 15) is 9.59 Å². The maximum absolute atomic E-state index is 12.5. The van der Waals surface area contributed by atoms with Crippen molar-refractivity contribution in [2.24, 2.45) is 0 Å². The second-order valence-electron chi connectivity index (χ2n) is 6.12. The van der Waals surface area contributed by atoms with Gasteiger partial charge in [-0.25, -0.2) is 4.79 Å². The van der Waals surface area contributed by atoms with Gasteiger partial charge in [-0.3, -0.25) is 4.79 Å². The van der Waals surface area contributed by atoms with Gasteiger partial charge < -0.3 is 14.5 Å². The molecular formula is C21H14N2O4S. The van der Waals surface area contributed by atoms with Gasteiger partial charge in [0.05, 0.1) is 5.56 Å². The molecule has 6 nitrogen and oxygen atoms in total. The number of carbonyl (C=O) groups is 2. The van der Waals surface area contributed by atoms with Crippen LogP contribution < -0.4 is 5.32 Å². The highest BCUT2D eigenvalue weighted by Crippen LogP contribution is 2.32. The molecule has 138 valence electrons. The van der Waals surface area contributed by atoms with Crippen LogP contribution >= 0.6 is 11.3 Å². The first-order chi connectivity index (χ1) is 13.6. The summed E-state index contributed by atoms with van der Waals surface area (Å²) in [7, 11) is 0. The summed E-state index contributed by atoms with van der Waals surface area (Å²) < 4.78 is 10.9. The van der Waals surface area contributed by atoms with E-state index in [1.54, 1.807) is 18.4 Å². The number of ether oxygens (including phenoxy) is 1. The van der Waals surface area contributed by atoms with Crippen LogP contribution in [-0.4, -0.2) is 18.5 Å². The van der Waals surface area contributed by atoms with Crippen molar-refractivity contribution < 1.29 is 18.7 Å². The fourth-order valence-corrected chi connectivity index (χ4v) is 3.75. The molecule has 0 saturated carbocycles. The fourth-order valence-electron chi connectivity index (χ4n) is 3.00. The van der Waals surface area contributed by atoms with Crippen molar-refractivity contribution in [2.45, 2.75) is 6.92 Å².